The maximum absolute atomic E-state index is 8.89. The van der Waals surface area contributed by atoms with Gasteiger partial charge in [0.2, 0.25) is 0 Å². The lowest BCUT2D eigenvalue weighted by Gasteiger charge is -2.02. The van der Waals surface area contributed by atoms with Crippen molar-refractivity contribution >= 4 is 0 Å². The highest BCUT2D eigenvalue weighted by Gasteiger charge is 1.95. The zero-order valence-electron chi connectivity index (χ0n) is 7.21. The predicted molar refractivity (Wildman–Crippen MR) is 46.5 cm³/mol. The van der Waals surface area contributed by atoms with Crippen molar-refractivity contribution in [3.05, 3.63) is 12.3 Å². The van der Waals surface area contributed by atoms with Crippen LogP contribution in [-0.2, 0) is 0 Å². The molecule has 0 spiro atoms. The smallest absolute Gasteiger partial charge is 0.0851 e. The van der Waals surface area contributed by atoms with E-state index in [4.69, 9.17) is 10.2 Å². The third-order valence-electron chi connectivity index (χ3n) is 1.59. The summed E-state index contributed by atoms with van der Waals surface area (Å²) in [5.41, 5.74) is 0. The molecule has 0 aromatic carbocycles. The highest BCUT2D eigenvalue weighted by Crippen LogP contribution is 2.07. The van der Waals surface area contributed by atoms with Crippen LogP contribution in [0.15, 0.2) is 12.3 Å². The Hall–Kier alpha value is -0.500. The predicted octanol–water partition coefficient (Wildman–Crippen LogP) is 2.39. The number of hydrogen-bond acceptors (Lipinski definition) is 2. The van der Waals surface area contributed by atoms with Gasteiger partial charge in [0.15, 0.2) is 0 Å². The van der Waals surface area contributed by atoms with Gasteiger partial charge >= 0.3 is 0 Å². The molecule has 1 unspecified atom stereocenters. The molecule has 11 heavy (non-hydrogen) atoms. The Morgan fingerprint density at radius 3 is 2.45 bits per heavy atom. The van der Waals surface area contributed by atoms with Crippen LogP contribution in [0, 0.1) is 0 Å². The molecule has 2 heteroatoms. The zero-order chi connectivity index (χ0) is 8.69. The molecule has 0 radical (unpaired) electrons. The second-order valence-corrected chi connectivity index (χ2v) is 3.01. The number of unbranched alkanes of at least 4 members (excludes halogenated alkanes) is 2. The molecular formula is C9H18O2. The van der Waals surface area contributed by atoms with Gasteiger partial charge in [-0.3, -0.25) is 0 Å². The lowest BCUT2D eigenvalue weighted by Crippen LogP contribution is -1.98. The summed E-state index contributed by atoms with van der Waals surface area (Å²) in [6.45, 7) is 5.19. The molecule has 0 amide bonds. The molecular weight excluding hydrogens is 140 g/mol. The monoisotopic (exact) mass is 158 g/mol. The third kappa shape index (κ3) is 9.50. The quantitative estimate of drug-likeness (QED) is 0.460. The number of aliphatic hydroxyl groups excluding tert-OH is 2. The number of allylic oxidation sites excluding steroid dienone is 1. The highest BCUT2D eigenvalue weighted by atomic mass is 16.3. The summed E-state index contributed by atoms with van der Waals surface area (Å²) >= 11 is 0. The van der Waals surface area contributed by atoms with Crippen LogP contribution < -0.4 is 0 Å². The maximum atomic E-state index is 8.89. The van der Waals surface area contributed by atoms with Crippen molar-refractivity contribution in [2.24, 2.45) is 0 Å². The summed E-state index contributed by atoms with van der Waals surface area (Å²) < 4.78 is 0. The molecule has 0 aliphatic rings. The molecule has 0 aliphatic heterocycles. The van der Waals surface area contributed by atoms with Gasteiger partial charge in [-0.15, -0.1) is 0 Å². The molecule has 66 valence electrons. The fourth-order valence-electron chi connectivity index (χ4n) is 0.946. The van der Waals surface area contributed by atoms with Gasteiger partial charge in [-0.2, -0.15) is 0 Å². The summed E-state index contributed by atoms with van der Waals surface area (Å²) in [6.07, 6.45) is 4.43. The molecule has 0 saturated carbocycles. The van der Waals surface area contributed by atoms with E-state index in [1.54, 1.807) is 6.92 Å². The number of rotatable bonds is 6. The Labute approximate surface area is 68.6 Å². The van der Waals surface area contributed by atoms with Gasteiger partial charge in [0.05, 0.1) is 11.9 Å². The molecule has 0 aliphatic carbocycles. The van der Waals surface area contributed by atoms with Crippen molar-refractivity contribution in [2.45, 2.75) is 45.1 Å². The summed E-state index contributed by atoms with van der Waals surface area (Å²) in [7, 11) is 0. The van der Waals surface area contributed by atoms with Crippen molar-refractivity contribution in [1.29, 1.82) is 0 Å². The molecule has 0 aromatic heterocycles. The SMILES string of the molecule is C=C(O)CCCCCC(C)O. The molecule has 0 fully saturated rings. The molecule has 2 nitrogen and oxygen atoms in total. The Balaban J connectivity index is 2.97. The van der Waals surface area contributed by atoms with Crippen molar-refractivity contribution in [2.75, 3.05) is 0 Å². The molecule has 2 N–H and O–H groups in total. The van der Waals surface area contributed by atoms with Gasteiger partial charge in [0, 0.05) is 6.42 Å². The molecule has 0 saturated heterocycles. The van der Waals surface area contributed by atoms with Gasteiger partial charge in [-0.05, 0) is 19.8 Å². The van der Waals surface area contributed by atoms with Crippen LogP contribution in [0.25, 0.3) is 0 Å². The minimum atomic E-state index is -0.188. The van der Waals surface area contributed by atoms with Gasteiger partial charge in [0.25, 0.3) is 0 Å². The first-order valence-corrected chi connectivity index (χ1v) is 4.17. The van der Waals surface area contributed by atoms with Gasteiger partial charge in [-0.1, -0.05) is 19.4 Å². The Morgan fingerprint density at radius 2 is 2.00 bits per heavy atom. The van der Waals surface area contributed by atoms with Crippen LogP contribution in [0.2, 0.25) is 0 Å². The fourth-order valence-corrected chi connectivity index (χ4v) is 0.946. The molecule has 0 aromatic rings. The Kier molecular flexibility index (Phi) is 5.94. The van der Waals surface area contributed by atoms with E-state index in [-0.39, 0.29) is 11.9 Å². The average Bonchev–Trinajstić information content (AvgIpc) is 1.85. The van der Waals surface area contributed by atoms with Crippen molar-refractivity contribution in [1.82, 2.24) is 0 Å². The fraction of sp³-hybridized carbons (Fsp3) is 0.778. The second kappa shape index (κ2) is 6.23. The first-order chi connectivity index (χ1) is 5.13. The first-order valence-electron chi connectivity index (χ1n) is 4.17. The minimum Gasteiger partial charge on any atom is -0.513 e. The summed E-state index contributed by atoms with van der Waals surface area (Å²) in [5, 5.41) is 17.6. The van der Waals surface area contributed by atoms with E-state index in [9.17, 15) is 0 Å². The van der Waals surface area contributed by atoms with Gasteiger partial charge in [0.1, 0.15) is 0 Å². The second-order valence-electron chi connectivity index (χ2n) is 3.01. The third-order valence-corrected chi connectivity index (χ3v) is 1.59. The molecule has 0 bridgehead atoms. The van der Waals surface area contributed by atoms with Gasteiger partial charge in [-0.25, -0.2) is 0 Å². The van der Waals surface area contributed by atoms with Crippen LogP contribution in [0.4, 0.5) is 0 Å². The normalized spacial score (nSPS) is 12.9. The lowest BCUT2D eigenvalue weighted by molar-refractivity contribution is 0.180. The largest absolute Gasteiger partial charge is 0.513 e. The van der Waals surface area contributed by atoms with E-state index >= 15 is 0 Å². The minimum absolute atomic E-state index is 0.188. The van der Waals surface area contributed by atoms with E-state index in [2.05, 4.69) is 6.58 Å². The molecule has 0 rings (SSSR count). The Bertz CT molecular complexity index is 108. The summed E-state index contributed by atoms with van der Waals surface area (Å²) in [4.78, 5) is 0. The van der Waals surface area contributed by atoms with Crippen molar-refractivity contribution in [3.63, 3.8) is 0 Å². The standard InChI is InChI=1S/C9H18O2/c1-8(10)6-4-3-5-7-9(2)11/h9-11H,1,3-7H2,2H3. The van der Waals surface area contributed by atoms with E-state index in [1.165, 1.54) is 0 Å². The number of hydrogen-bond donors (Lipinski definition) is 2. The van der Waals surface area contributed by atoms with Gasteiger partial charge < -0.3 is 10.2 Å². The Morgan fingerprint density at radius 1 is 1.36 bits per heavy atom. The van der Waals surface area contributed by atoms with E-state index in [1.807, 2.05) is 0 Å². The summed E-state index contributed by atoms with van der Waals surface area (Å²) in [5.74, 6) is 0.266. The van der Waals surface area contributed by atoms with Crippen molar-refractivity contribution < 1.29 is 10.2 Å². The van der Waals surface area contributed by atoms with E-state index in [0.29, 0.717) is 6.42 Å². The zero-order valence-corrected chi connectivity index (χ0v) is 7.21. The maximum Gasteiger partial charge on any atom is 0.0851 e. The first kappa shape index (κ1) is 10.5. The molecule has 1 atom stereocenters. The average molecular weight is 158 g/mol. The van der Waals surface area contributed by atoms with Crippen LogP contribution in [0.1, 0.15) is 39.0 Å². The summed E-state index contributed by atoms with van der Waals surface area (Å²) in [6, 6.07) is 0. The highest BCUT2D eigenvalue weighted by molar-refractivity contribution is 4.77. The van der Waals surface area contributed by atoms with Crippen LogP contribution >= 0.6 is 0 Å². The lowest BCUT2D eigenvalue weighted by atomic mass is 10.1. The van der Waals surface area contributed by atoms with E-state index < -0.39 is 0 Å². The van der Waals surface area contributed by atoms with Crippen LogP contribution in [0.5, 0.6) is 0 Å². The van der Waals surface area contributed by atoms with E-state index in [0.717, 1.165) is 25.7 Å². The van der Waals surface area contributed by atoms with Crippen molar-refractivity contribution in [3.8, 4) is 0 Å². The topological polar surface area (TPSA) is 40.5 Å². The number of aliphatic hydroxyl groups is 2. The van der Waals surface area contributed by atoms with Crippen LogP contribution in [0.3, 0.4) is 0 Å². The molecule has 0 heterocycles. The van der Waals surface area contributed by atoms with Crippen LogP contribution in [-0.4, -0.2) is 16.3 Å².